The van der Waals surface area contributed by atoms with Crippen LogP contribution in [0.25, 0.3) is 0 Å². The van der Waals surface area contributed by atoms with Gasteiger partial charge in [-0.05, 0) is 31.4 Å². The summed E-state index contributed by atoms with van der Waals surface area (Å²) in [4.78, 5) is 8.44. The Hall–Kier alpha value is -0.510. The number of hydrogen-bond acceptors (Lipinski definition) is 4. The summed E-state index contributed by atoms with van der Waals surface area (Å²) >= 11 is 1.96. The van der Waals surface area contributed by atoms with Crippen LogP contribution in [0.15, 0.2) is 40.2 Å². The monoisotopic (exact) mass is 493 g/mol. The number of likely N-dealkylation sites (tertiary alicyclic amines) is 1. The number of aliphatic imine (C=N–C) groups is 1. The maximum atomic E-state index is 5.49. The van der Waals surface area contributed by atoms with Crippen LogP contribution < -0.4 is 5.32 Å². The standard InChI is InChI=1S/C19H31N3O2S.HI/c1-3-20-19(21-10-12-24-14-13-23-2)22-11-9-17(15-22)16-25-18-7-5-4-6-8-18;/h4-8,17H,3,9-16H2,1-2H3,(H,20,21);1H. The van der Waals surface area contributed by atoms with Crippen LogP contribution >= 0.6 is 35.7 Å². The van der Waals surface area contributed by atoms with Crippen LogP contribution in [0.1, 0.15) is 13.3 Å². The molecule has 1 N–H and O–H groups in total. The highest BCUT2D eigenvalue weighted by Gasteiger charge is 2.24. The second kappa shape index (κ2) is 14.5. The minimum atomic E-state index is 0. The van der Waals surface area contributed by atoms with Crippen molar-refractivity contribution in [2.45, 2.75) is 18.2 Å². The highest BCUT2D eigenvalue weighted by molar-refractivity contribution is 14.0. The van der Waals surface area contributed by atoms with Gasteiger partial charge < -0.3 is 19.7 Å². The number of thioether (sulfide) groups is 1. The maximum Gasteiger partial charge on any atom is 0.194 e. The number of nitrogens with one attached hydrogen (secondary N) is 1. The quantitative estimate of drug-likeness (QED) is 0.178. The fourth-order valence-corrected chi connectivity index (χ4v) is 3.83. The largest absolute Gasteiger partial charge is 0.382 e. The number of ether oxygens (including phenoxy) is 2. The molecular formula is C19H32IN3O2S. The van der Waals surface area contributed by atoms with E-state index < -0.39 is 0 Å². The predicted octanol–water partition coefficient (Wildman–Crippen LogP) is 3.35. The zero-order valence-electron chi connectivity index (χ0n) is 15.9. The van der Waals surface area contributed by atoms with E-state index in [1.807, 2.05) is 11.8 Å². The van der Waals surface area contributed by atoms with Crippen molar-refractivity contribution in [3.05, 3.63) is 30.3 Å². The Bertz CT molecular complexity index is 505. The van der Waals surface area contributed by atoms with Gasteiger partial charge in [-0.25, -0.2) is 0 Å². The fraction of sp³-hybridized carbons (Fsp3) is 0.632. The van der Waals surface area contributed by atoms with E-state index >= 15 is 0 Å². The Labute approximate surface area is 179 Å². The molecule has 1 heterocycles. The number of methoxy groups -OCH3 is 1. The summed E-state index contributed by atoms with van der Waals surface area (Å²) in [5.74, 6) is 2.90. The first-order valence-corrected chi connectivity index (χ1v) is 10.1. The maximum absolute atomic E-state index is 5.49. The normalized spacial score (nSPS) is 17.2. The molecule has 5 nitrogen and oxygen atoms in total. The van der Waals surface area contributed by atoms with Gasteiger partial charge in [-0.15, -0.1) is 35.7 Å². The van der Waals surface area contributed by atoms with Crippen LogP contribution in [0.2, 0.25) is 0 Å². The highest BCUT2D eigenvalue weighted by atomic mass is 127. The van der Waals surface area contributed by atoms with E-state index in [9.17, 15) is 0 Å². The molecule has 0 amide bonds. The van der Waals surface area contributed by atoms with Crippen molar-refractivity contribution < 1.29 is 9.47 Å². The summed E-state index contributed by atoms with van der Waals surface area (Å²) in [7, 11) is 1.69. The van der Waals surface area contributed by atoms with E-state index in [0.29, 0.717) is 32.3 Å². The van der Waals surface area contributed by atoms with Gasteiger partial charge in [-0.3, -0.25) is 4.99 Å². The average molecular weight is 493 g/mol. The third kappa shape index (κ3) is 8.92. The molecule has 1 fully saturated rings. The van der Waals surface area contributed by atoms with Crippen molar-refractivity contribution in [1.82, 2.24) is 10.2 Å². The van der Waals surface area contributed by atoms with Gasteiger partial charge in [0.05, 0.1) is 26.4 Å². The number of halogens is 1. The Morgan fingerprint density at radius 2 is 2.08 bits per heavy atom. The molecule has 7 heteroatoms. The summed E-state index contributed by atoms with van der Waals surface area (Å²) in [5.41, 5.74) is 0. The molecule has 1 aliphatic heterocycles. The molecule has 0 radical (unpaired) electrons. The smallest absolute Gasteiger partial charge is 0.194 e. The second-order valence-corrected chi connectivity index (χ2v) is 7.16. The molecule has 1 aromatic rings. The van der Waals surface area contributed by atoms with Gasteiger partial charge in [0, 0.05) is 37.4 Å². The first-order valence-electron chi connectivity index (χ1n) is 9.11. The van der Waals surface area contributed by atoms with E-state index in [-0.39, 0.29) is 24.0 Å². The first-order chi connectivity index (χ1) is 12.3. The lowest BCUT2D eigenvalue weighted by atomic mass is 10.2. The zero-order chi connectivity index (χ0) is 17.7. The summed E-state index contributed by atoms with van der Waals surface area (Å²) in [6, 6.07) is 10.7. The minimum Gasteiger partial charge on any atom is -0.382 e. The molecule has 1 atom stereocenters. The lowest BCUT2D eigenvalue weighted by Gasteiger charge is -2.21. The molecule has 0 spiro atoms. The highest BCUT2D eigenvalue weighted by Crippen LogP contribution is 2.25. The molecule has 0 aliphatic carbocycles. The number of benzene rings is 1. The lowest BCUT2D eigenvalue weighted by molar-refractivity contribution is 0.0747. The SMILES string of the molecule is CCNC(=NCCOCCOC)N1CCC(CSc2ccccc2)C1.I. The van der Waals surface area contributed by atoms with Crippen molar-refractivity contribution >= 4 is 41.7 Å². The van der Waals surface area contributed by atoms with Crippen molar-refractivity contribution in [2.75, 3.05) is 58.9 Å². The second-order valence-electron chi connectivity index (χ2n) is 6.07. The molecule has 1 aliphatic rings. The summed E-state index contributed by atoms with van der Waals surface area (Å²) in [6.07, 6.45) is 1.23. The Morgan fingerprint density at radius 3 is 2.81 bits per heavy atom. The molecule has 0 saturated carbocycles. The summed E-state index contributed by atoms with van der Waals surface area (Å²) < 4.78 is 10.5. The molecule has 1 saturated heterocycles. The van der Waals surface area contributed by atoms with Gasteiger partial charge in [-0.2, -0.15) is 0 Å². The number of hydrogen-bond donors (Lipinski definition) is 1. The molecule has 2 rings (SSSR count). The number of rotatable bonds is 10. The Kier molecular flexibility index (Phi) is 13.2. The zero-order valence-corrected chi connectivity index (χ0v) is 19.0. The third-order valence-electron chi connectivity index (χ3n) is 4.08. The molecule has 148 valence electrons. The van der Waals surface area contributed by atoms with Gasteiger partial charge in [0.25, 0.3) is 0 Å². The molecule has 1 unspecified atom stereocenters. The molecule has 26 heavy (non-hydrogen) atoms. The predicted molar refractivity (Wildman–Crippen MR) is 121 cm³/mol. The third-order valence-corrected chi connectivity index (χ3v) is 5.32. The fourth-order valence-electron chi connectivity index (χ4n) is 2.78. The lowest BCUT2D eigenvalue weighted by Crippen LogP contribution is -2.40. The van der Waals surface area contributed by atoms with Crippen LogP contribution in [0.4, 0.5) is 0 Å². The van der Waals surface area contributed by atoms with Gasteiger partial charge in [0.15, 0.2) is 5.96 Å². The van der Waals surface area contributed by atoms with Crippen LogP contribution in [0.5, 0.6) is 0 Å². The van der Waals surface area contributed by atoms with Gasteiger partial charge >= 0.3 is 0 Å². The van der Waals surface area contributed by atoms with Crippen LogP contribution in [-0.4, -0.2) is 69.7 Å². The number of guanidine groups is 1. The van der Waals surface area contributed by atoms with E-state index in [0.717, 1.165) is 25.6 Å². The van der Waals surface area contributed by atoms with E-state index in [2.05, 4.69) is 47.5 Å². The van der Waals surface area contributed by atoms with Gasteiger partial charge in [-0.1, -0.05) is 18.2 Å². The van der Waals surface area contributed by atoms with Gasteiger partial charge in [0.2, 0.25) is 0 Å². The molecule has 1 aromatic carbocycles. The van der Waals surface area contributed by atoms with E-state index in [1.54, 1.807) is 7.11 Å². The van der Waals surface area contributed by atoms with Gasteiger partial charge in [0.1, 0.15) is 0 Å². The summed E-state index contributed by atoms with van der Waals surface area (Å²) in [6.45, 7) is 7.76. The topological polar surface area (TPSA) is 46.1 Å². The molecule has 0 aromatic heterocycles. The van der Waals surface area contributed by atoms with Crippen LogP contribution in [0, 0.1) is 5.92 Å². The average Bonchev–Trinajstić information content (AvgIpc) is 3.12. The van der Waals surface area contributed by atoms with Crippen molar-refractivity contribution in [3.8, 4) is 0 Å². The van der Waals surface area contributed by atoms with E-state index in [4.69, 9.17) is 14.5 Å². The Balaban J connectivity index is 0.00000338. The van der Waals surface area contributed by atoms with Crippen molar-refractivity contribution in [3.63, 3.8) is 0 Å². The van der Waals surface area contributed by atoms with Crippen LogP contribution in [-0.2, 0) is 9.47 Å². The molecule has 0 bridgehead atoms. The van der Waals surface area contributed by atoms with E-state index in [1.165, 1.54) is 17.1 Å². The van der Waals surface area contributed by atoms with Crippen molar-refractivity contribution in [1.29, 1.82) is 0 Å². The minimum absolute atomic E-state index is 0. The van der Waals surface area contributed by atoms with Crippen molar-refractivity contribution in [2.24, 2.45) is 10.9 Å². The summed E-state index contributed by atoms with van der Waals surface area (Å²) in [5, 5.41) is 3.41. The number of nitrogens with zero attached hydrogens (tertiary/aromatic N) is 2. The van der Waals surface area contributed by atoms with Crippen LogP contribution in [0.3, 0.4) is 0 Å². The first kappa shape index (κ1) is 23.5. The Morgan fingerprint density at radius 1 is 1.27 bits per heavy atom. The molecular weight excluding hydrogens is 461 g/mol.